The van der Waals surface area contributed by atoms with Crippen LogP contribution in [0.1, 0.15) is 0 Å². The van der Waals surface area contributed by atoms with Crippen molar-refractivity contribution in [2.45, 2.75) is 0 Å². The van der Waals surface area contributed by atoms with Gasteiger partial charge in [-0.25, -0.2) is 4.76 Å². The molecule has 88 valence electrons. The van der Waals surface area contributed by atoms with Crippen LogP contribution in [-0.2, 0) is 21.1 Å². The second kappa shape index (κ2) is 7.87. The molecule has 0 spiro atoms. The average Bonchev–Trinajstić information content (AvgIpc) is 2.27. The Morgan fingerprint density at radius 3 is 2.87 bits per heavy atom. The zero-order valence-electron chi connectivity index (χ0n) is 8.44. The first-order valence-electron chi connectivity index (χ1n) is 4.46. The number of morpholine rings is 1. The summed E-state index contributed by atoms with van der Waals surface area (Å²) in [6.07, 6.45) is 1.99. The van der Waals surface area contributed by atoms with Crippen molar-refractivity contribution in [3.8, 4) is 0 Å². The summed E-state index contributed by atoms with van der Waals surface area (Å²) in [5.74, 6) is 0. The Balaban J connectivity index is 2.55. The van der Waals surface area contributed by atoms with Crippen molar-refractivity contribution in [3.05, 3.63) is 0 Å². The van der Waals surface area contributed by atoms with Gasteiger partial charge in [0.05, 0.1) is 13.2 Å². The fraction of sp³-hybridized carbons (Fsp3) is 0.857. The molecule has 1 heterocycles. The van der Waals surface area contributed by atoms with Gasteiger partial charge in [-0.1, -0.05) is 23.4 Å². The van der Waals surface area contributed by atoms with E-state index in [2.05, 4.69) is 9.66 Å². The van der Waals surface area contributed by atoms with Crippen molar-refractivity contribution < 1.29 is 9.26 Å². The maximum absolute atomic E-state index is 5.44. The van der Waals surface area contributed by atoms with Crippen LogP contribution in [0.2, 0.25) is 0 Å². The topological polar surface area (TPSA) is 34.1 Å². The summed E-state index contributed by atoms with van der Waals surface area (Å²) in [5.41, 5.74) is 0. The second-order valence-electron chi connectivity index (χ2n) is 2.72. The van der Waals surface area contributed by atoms with E-state index in [9.17, 15) is 0 Å². The lowest BCUT2D eigenvalue weighted by Gasteiger charge is -2.28. The van der Waals surface area contributed by atoms with Gasteiger partial charge in [0.1, 0.15) is 6.07 Å². The molecule has 0 saturated carbocycles. The van der Waals surface area contributed by atoms with Crippen molar-refractivity contribution in [3.63, 3.8) is 0 Å². The molecule has 15 heavy (non-hydrogen) atoms. The van der Waals surface area contributed by atoms with E-state index < -0.39 is 7.07 Å². The second-order valence-corrected chi connectivity index (χ2v) is 5.80. The van der Waals surface area contributed by atoms with Crippen LogP contribution in [0.3, 0.4) is 0 Å². The summed E-state index contributed by atoms with van der Waals surface area (Å²) in [7, 11) is -1.56. The van der Waals surface area contributed by atoms with E-state index >= 15 is 0 Å². The van der Waals surface area contributed by atoms with E-state index in [0.29, 0.717) is 0 Å². The van der Waals surface area contributed by atoms with Crippen molar-refractivity contribution in [1.82, 2.24) is 4.90 Å². The van der Waals surface area contributed by atoms with E-state index in [1.54, 1.807) is 11.8 Å². The van der Waals surface area contributed by atoms with Gasteiger partial charge in [0, 0.05) is 13.1 Å². The first-order chi connectivity index (χ1) is 7.27. The number of amidine groups is 1. The standard InChI is InChI=1S/C7H14ClN2O2PS2/c1-15-7(9-13(14)12-6-8)10-2-4-11-5-3-10/h13H,2-6H2,1H3. The minimum Gasteiger partial charge on any atom is -0.378 e. The number of rotatable bonds is 3. The highest BCUT2D eigenvalue weighted by Gasteiger charge is 2.14. The van der Waals surface area contributed by atoms with Crippen molar-refractivity contribution in [2.75, 3.05) is 38.6 Å². The first kappa shape index (κ1) is 13.7. The number of thioether (sulfide) groups is 1. The summed E-state index contributed by atoms with van der Waals surface area (Å²) in [4.78, 5) is 2.17. The Bertz CT molecular complexity index is 249. The fourth-order valence-electron chi connectivity index (χ4n) is 1.16. The van der Waals surface area contributed by atoms with E-state index in [1.807, 2.05) is 6.26 Å². The molecule has 0 N–H and O–H groups in total. The number of nitrogens with zero attached hydrogens (tertiary/aromatic N) is 2. The van der Waals surface area contributed by atoms with Crippen LogP contribution in [0.5, 0.6) is 0 Å². The molecule has 1 aliphatic rings. The summed E-state index contributed by atoms with van der Waals surface area (Å²) < 4.78 is 14.7. The van der Waals surface area contributed by atoms with Crippen LogP contribution >= 0.6 is 30.4 Å². The molecule has 4 nitrogen and oxygen atoms in total. The predicted molar refractivity (Wildman–Crippen MR) is 70.8 cm³/mol. The summed E-state index contributed by atoms with van der Waals surface area (Å²) in [6, 6.07) is 0.117. The summed E-state index contributed by atoms with van der Waals surface area (Å²) in [6.45, 7) is 3.22. The molecule has 0 radical (unpaired) electrons. The van der Waals surface area contributed by atoms with Gasteiger partial charge in [0.2, 0.25) is 0 Å². The first-order valence-corrected chi connectivity index (χ1v) is 8.70. The number of hydrogen-bond acceptors (Lipinski definition) is 4. The molecule has 0 aromatic rings. The van der Waals surface area contributed by atoms with Gasteiger partial charge in [-0.3, -0.25) is 0 Å². The predicted octanol–water partition coefficient (Wildman–Crippen LogP) is 1.76. The van der Waals surface area contributed by atoms with Crippen LogP contribution in [0, 0.1) is 0 Å². The number of hydrogen-bond donors (Lipinski definition) is 0. The lowest BCUT2D eigenvalue weighted by Crippen LogP contribution is -2.39. The van der Waals surface area contributed by atoms with Crippen LogP contribution in [0.25, 0.3) is 0 Å². The normalized spacial score (nSPS) is 20.4. The Morgan fingerprint density at radius 1 is 1.67 bits per heavy atom. The molecule has 0 bridgehead atoms. The molecule has 1 atom stereocenters. The smallest absolute Gasteiger partial charge is 0.165 e. The Hall–Kier alpha value is 0.680. The third kappa shape index (κ3) is 5.02. The molecule has 0 aliphatic carbocycles. The van der Waals surface area contributed by atoms with Crippen molar-refractivity contribution in [2.24, 2.45) is 4.76 Å². The third-order valence-corrected chi connectivity index (χ3v) is 4.41. The van der Waals surface area contributed by atoms with Crippen LogP contribution in [0.4, 0.5) is 0 Å². The highest BCUT2D eigenvalue weighted by Crippen LogP contribution is 2.27. The van der Waals surface area contributed by atoms with Crippen LogP contribution < -0.4 is 0 Å². The summed E-state index contributed by atoms with van der Waals surface area (Å²) in [5, 5.41) is 0.937. The Morgan fingerprint density at radius 2 is 2.33 bits per heavy atom. The van der Waals surface area contributed by atoms with Gasteiger partial charge in [-0.2, -0.15) is 0 Å². The third-order valence-electron chi connectivity index (χ3n) is 1.83. The molecule has 0 aromatic carbocycles. The largest absolute Gasteiger partial charge is 0.378 e. The molecular formula is C7H14ClN2O2PS2. The molecule has 0 amide bonds. The highest BCUT2D eigenvalue weighted by atomic mass is 35.5. The number of halogens is 1. The fourth-order valence-corrected chi connectivity index (χ4v) is 3.78. The molecule has 1 fully saturated rings. The van der Waals surface area contributed by atoms with E-state index in [1.165, 1.54) is 0 Å². The quantitative estimate of drug-likeness (QED) is 0.342. The monoisotopic (exact) mass is 288 g/mol. The van der Waals surface area contributed by atoms with E-state index in [-0.39, 0.29) is 6.07 Å². The average molecular weight is 289 g/mol. The van der Waals surface area contributed by atoms with Gasteiger partial charge in [-0.15, -0.1) is 0 Å². The Kier molecular flexibility index (Phi) is 7.21. The molecule has 1 saturated heterocycles. The van der Waals surface area contributed by atoms with Crippen LogP contribution in [0.15, 0.2) is 4.76 Å². The molecule has 1 unspecified atom stereocenters. The molecular weight excluding hydrogens is 275 g/mol. The Labute approximate surface area is 105 Å². The maximum atomic E-state index is 5.44. The number of alkyl halides is 1. The van der Waals surface area contributed by atoms with E-state index in [4.69, 9.17) is 32.7 Å². The molecule has 0 aromatic heterocycles. The minimum absolute atomic E-state index is 0.117. The SMILES string of the molecule is CSC(=N[PH](=S)OCCl)N1CCOCC1. The lowest BCUT2D eigenvalue weighted by molar-refractivity contribution is 0.0694. The lowest BCUT2D eigenvalue weighted by atomic mass is 10.5. The van der Waals surface area contributed by atoms with Crippen molar-refractivity contribution in [1.29, 1.82) is 0 Å². The maximum Gasteiger partial charge on any atom is 0.165 e. The van der Waals surface area contributed by atoms with Gasteiger partial charge in [0.15, 0.2) is 12.2 Å². The van der Waals surface area contributed by atoms with Gasteiger partial charge in [-0.05, 0) is 18.1 Å². The van der Waals surface area contributed by atoms with Gasteiger partial charge < -0.3 is 14.2 Å². The van der Waals surface area contributed by atoms with Crippen molar-refractivity contribution >= 4 is 47.4 Å². The van der Waals surface area contributed by atoms with E-state index in [0.717, 1.165) is 31.5 Å². The highest BCUT2D eigenvalue weighted by molar-refractivity contribution is 8.13. The molecule has 1 aliphatic heterocycles. The summed E-state index contributed by atoms with van der Waals surface area (Å²) >= 11 is 12.1. The van der Waals surface area contributed by atoms with Gasteiger partial charge in [0.25, 0.3) is 0 Å². The van der Waals surface area contributed by atoms with Gasteiger partial charge >= 0.3 is 0 Å². The molecule has 1 rings (SSSR count). The minimum atomic E-state index is -1.56. The number of ether oxygens (including phenoxy) is 1. The zero-order valence-corrected chi connectivity index (χ0v) is 11.8. The zero-order chi connectivity index (χ0) is 11.1. The molecule has 8 heteroatoms. The van der Waals surface area contributed by atoms with Crippen LogP contribution in [-0.4, -0.2) is 48.7 Å².